The summed E-state index contributed by atoms with van der Waals surface area (Å²) < 4.78 is 0. The monoisotopic (exact) mass is 592 g/mol. The quantitative estimate of drug-likeness (QED) is 0.317. The van der Waals surface area contributed by atoms with E-state index in [2.05, 4.69) is 44.3 Å². The van der Waals surface area contributed by atoms with Gasteiger partial charge in [-0.05, 0) is 127 Å². The summed E-state index contributed by atoms with van der Waals surface area (Å²) in [7, 11) is 0. The summed E-state index contributed by atoms with van der Waals surface area (Å²) in [5.74, 6) is -0.381. The Morgan fingerprint density at radius 1 is 0.860 bits per heavy atom. The van der Waals surface area contributed by atoms with Crippen LogP contribution in [0.15, 0.2) is 60.7 Å². The van der Waals surface area contributed by atoms with Crippen LogP contribution in [0.3, 0.4) is 0 Å². The number of rotatable bonds is 2. The summed E-state index contributed by atoms with van der Waals surface area (Å²) in [5, 5.41) is 41.5. The molecular formula is C36H46AlLiO5. The molecule has 0 aromatic heterocycles. The molecule has 4 fully saturated rings. The molecule has 7 heteroatoms. The van der Waals surface area contributed by atoms with Gasteiger partial charge in [0.05, 0.1) is 23.7 Å². The van der Waals surface area contributed by atoms with Gasteiger partial charge >= 0.3 is 24.8 Å². The number of carboxylic acid groups (broad SMARTS) is 1. The average molecular weight is 593 g/mol. The summed E-state index contributed by atoms with van der Waals surface area (Å²) in [6, 6.07) is 12.6. The van der Waals surface area contributed by atoms with Gasteiger partial charge in [-0.3, -0.25) is 4.79 Å². The first-order chi connectivity index (χ1) is 19.4. The Kier molecular flexibility index (Phi) is 8.19. The van der Waals surface area contributed by atoms with Crippen molar-refractivity contribution in [2.75, 3.05) is 6.61 Å². The topological polar surface area (TPSA) is 98.0 Å². The SMILES string of the molecule is C=C1C[C@]23C[C@@]1(O)CC[C@H]2c1cccc(C)c1[C@@H]3C(=O)O.C=C1C[C@]23C[C@@]1(O)CC[C@H]2c1cccc(C)c1[C@@H]3CO.[AlH3].[H-].[Li+]. The molecule has 0 radical (unpaired) electrons. The number of hydrogen-bond acceptors (Lipinski definition) is 4. The van der Waals surface area contributed by atoms with Gasteiger partial charge in [-0.15, -0.1) is 0 Å². The smallest absolute Gasteiger partial charge is 1.00 e. The third-order valence-electron chi connectivity index (χ3n) is 12.5. The molecule has 8 atom stereocenters. The Hall–Kier alpha value is -1.60. The zero-order valence-electron chi connectivity index (χ0n) is 26.2. The van der Waals surface area contributed by atoms with Crippen molar-refractivity contribution in [1.82, 2.24) is 0 Å². The maximum absolute atomic E-state index is 12.1. The van der Waals surface area contributed by atoms with Crippen LogP contribution in [-0.2, 0) is 4.79 Å². The summed E-state index contributed by atoms with van der Waals surface area (Å²) >= 11 is 0. The Morgan fingerprint density at radius 3 is 1.86 bits per heavy atom. The molecule has 0 amide bonds. The van der Waals surface area contributed by atoms with E-state index in [4.69, 9.17) is 0 Å². The molecular weight excluding hydrogens is 546 g/mol. The zero-order chi connectivity index (χ0) is 29.1. The minimum Gasteiger partial charge on any atom is -1.00 e. The van der Waals surface area contributed by atoms with Crippen molar-refractivity contribution < 1.29 is 45.5 Å². The molecule has 2 spiro atoms. The van der Waals surface area contributed by atoms with Gasteiger partial charge in [0, 0.05) is 11.3 Å². The van der Waals surface area contributed by atoms with E-state index >= 15 is 0 Å². The van der Waals surface area contributed by atoms with Crippen LogP contribution in [0.25, 0.3) is 0 Å². The molecule has 43 heavy (non-hydrogen) atoms. The third kappa shape index (κ3) is 4.25. The maximum atomic E-state index is 12.1. The number of fused-ring (bicyclic) bond motifs is 6. The van der Waals surface area contributed by atoms with Gasteiger partial charge in [-0.2, -0.15) is 0 Å². The average Bonchev–Trinajstić information content (AvgIpc) is 3.50. The summed E-state index contributed by atoms with van der Waals surface area (Å²) in [6.07, 6.45) is 6.24. The first kappa shape index (κ1) is 32.8. The van der Waals surface area contributed by atoms with Gasteiger partial charge in [0.25, 0.3) is 0 Å². The molecule has 4 N–H and O–H groups in total. The van der Waals surface area contributed by atoms with Crippen molar-refractivity contribution in [3.63, 3.8) is 0 Å². The number of benzene rings is 2. The van der Waals surface area contributed by atoms with Crippen LogP contribution in [0, 0.1) is 24.7 Å². The van der Waals surface area contributed by atoms with E-state index in [9.17, 15) is 25.2 Å². The number of aryl methyl sites for hydroxylation is 2. The Morgan fingerprint density at radius 2 is 1.33 bits per heavy atom. The molecule has 2 aromatic carbocycles. The van der Waals surface area contributed by atoms with Crippen molar-refractivity contribution in [1.29, 1.82) is 0 Å². The van der Waals surface area contributed by atoms with Crippen LogP contribution in [0.1, 0.15) is 110 Å². The van der Waals surface area contributed by atoms with Crippen LogP contribution < -0.4 is 18.9 Å². The summed E-state index contributed by atoms with van der Waals surface area (Å²) in [5.41, 5.74) is 7.23. The number of carboxylic acids is 1. The van der Waals surface area contributed by atoms with Gasteiger partial charge in [-0.1, -0.05) is 49.6 Å². The van der Waals surface area contributed by atoms with E-state index in [1.165, 1.54) is 22.3 Å². The van der Waals surface area contributed by atoms with Crippen molar-refractivity contribution in [3.05, 3.63) is 94.1 Å². The van der Waals surface area contributed by atoms with Crippen molar-refractivity contribution in [3.8, 4) is 0 Å². The van der Waals surface area contributed by atoms with Crippen LogP contribution in [0.4, 0.5) is 0 Å². The first-order valence-corrected chi connectivity index (χ1v) is 15.2. The molecule has 4 bridgehead atoms. The van der Waals surface area contributed by atoms with Gasteiger partial charge < -0.3 is 21.9 Å². The van der Waals surface area contributed by atoms with Crippen LogP contribution >= 0.6 is 0 Å². The molecule has 2 aromatic rings. The largest absolute Gasteiger partial charge is 1.00 e. The first-order valence-electron chi connectivity index (χ1n) is 15.2. The van der Waals surface area contributed by atoms with E-state index in [0.717, 1.165) is 54.4 Å². The molecule has 0 saturated heterocycles. The fraction of sp³-hybridized carbons (Fsp3) is 0.528. The zero-order valence-corrected chi connectivity index (χ0v) is 25.2. The van der Waals surface area contributed by atoms with Crippen molar-refractivity contribution >= 4 is 23.3 Å². The second kappa shape index (κ2) is 10.7. The van der Waals surface area contributed by atoms with Gasteiger partial charge in [0.15, 0.2) is 17.4 Å². The van der Waals surface area contributed by atoms with Crippen molar-refractivity contribution in [2.45, 2.75) is 100 Å². The second-order valence-electron chi connectivity index (χ2n) is 14.3. The predicted octanol–water partition coefficient (Wildman–Crippen LogP) is 2.08. The van der Waals surface area contributed by atoms with Crippen LogP contribution in [0.5, 0.6) is 0 Å². The van der Waals surface area contributed by atoms with E-state index in [1.54, 1.807) is 0 Å². The number of hydrogen-bond donors (Lipinski definition) is 4. The van der Waals surface area contributed by atoms with Gasteiger partial charge in [-0.25, -0.2) is 0 Å². The fourth-order valence-corrected chi connectivity index (χ4v) is 10.9. The van der Waals surface area contributed by atoms with Crippen LogP contribution in [-0.4, -0.2) is 61.6 Å². The number of aliphatic hydroxyl groups excluding tert-OH is 1. The van der Waals surface area contributed by atoms with Crippen molar-refractivity contribution in [2.24, 2.45) is 10.8 Å². The van der Waals surface area contributed by atoms with Gasteiger partial charge in [0.2, 0.25) is 0 Å². The number of carbonyl (C=O) groups is 1. The maximum Gasteiger partial charge on any atom is 1.00 e. The molecule has 4 saturated carbocycles. The van der Waals surface area contributed by atoms with E-state index in [-0.39, 0.29) is 66.9 Å². The molecule has 8 rings (SSSR count). The molecule has 224 valence electrons. The molecule has 0 unspecified atom stereocenters. The minimum absolute atomic E-state index is 0. The predicted molar refractivity (Wildman–Crippen MR) is 169 cm³/mol. The minimum atomic E-state index is -0.847. The van der Waals surface area contributed by atoms with Gasteiger partial charge in [0.1, 0.15) is 0 Å². The number of aliphatic carboxylic acids is 1. The molecule has 6 aliphatic carbocycles. The van der Waals surface area contributed by atoms with E-state index in [1.807, 2.05) is 19.1 Å². The Bertz CT molecular complexity index is 1530. The summed E-state index contributed by atoms with van der Waals surface area (Å²) in [6.45, 7) is 12.5. The Labute approximate surface area is 279 Å². The van der Waals surface area contributed by atoms with E-state index < -0.39 is 23.1 Å². The molecule has 6 aliphatic rings. The standard InChI is InChI=1S/C18H20O3.C18H22O2.Al.Li.4H/c1-10-4-3-5-12-13-6-7-18(21)9-17(13,8-11(18)2)15(14(10)12)16(19)20;1-11-4-3-5-13-14-6-7-18(20)10-17(14,8-12(18)2)15(9-19)16(11)13;;;;;;/h3-5,13,15,21H,2,6-9H2,1H3,(H,19,20);3-5,14-15,19-20H,2,6-10H2,1H3;;;;;;/q;;;+1;;;;-1/t13-,15+,17-,18-;14-,15-,17-,18-;;;;;;/m00....../s1. The molecule has 5 nitrogen and oxygen atoms in total. The normalized spacial score (nSPS) is 38.9. The third-order valence-corrected chi connectivity index (χ3v) is 12.5. The second-order valence-corrected chi connectivity index (χ2v) is 14.3. The molecule has 0 heterocycles. The number of aliphatic hydroxyl groups is 3. The van der Waals surface area contributed by atoms with Crippen LogP contribution in [0.2, 0.25) is 0 Å². The fourth-order valence-electron chi connectivity index (χ4n) is 10.9. The molecule has 0 aliphatic heterocycles. The summed E-state index contributed by atoms with van der Waals surface area (Å²) in [4.78, 5) is 12.1. The van der Waals surface area contributed by atoms with E-state index in [0.29, 0.717) is 25.2 Å². The Balaban J connectivity index is 0.000000188.